The molecule has 1 aromatic rings. The van der Waals surface area contributed by atoms with Crippen molar-refractivity contribution >= 4 is 11.8 Å². The average molecular weight is 235 g/mol. The van der Waals surface area contributed by atoms with E-state index in [9.17, 15) is 9.59 Å². The molecular formula is C11H13N3O3. The summed E-state index contributed by atoms with van der Waals surface area (Å²) in [5.74, 6) is -0.0627. The molecule has 0 bridgehead atoms. The molecule has 0 aliphatic carbocycles. The third-order valence-electron chi connectivity index (χ3n) is 3.53. The number of carbonyl (C=O) groups excluding carboxylic acids is 2. The number of amides is 2. The lowest BCUT2D eigenvalue weighted by molar-refractivity contribution is -0.119. The van der Waals surface area contributed by atoms with Crippen LogP contribution in [0.1, 0.15) is 28.9 Å². The number of aryl methyl sites for hydroxylation is 1. The van der Waals surface area contributed by atoms with Crippen LogP contribution in [-0.2, 0) is 4.79 Å². The van der Waals surface area contributed by atoms with Crippen molar-refractivity contribution in [3.8, 4) is 0 Å². The van der Waals surface area contributed by atoms with E-state index in [-0.39, 0.29) is 23.9 Å². The van der Waals surface area contributed by atoms with E-state index in [1.54, 1.807) is 11.8 Å². The van der Waals surface area contributed by atoms with Crippen molar-refractivity contribution in [1.29, 1.82) is 0 Å². The van der Waals surface area contributed by atoms with Crippen LogP contribution in [0.25, 0.3) is 0 Å². The fourth-order valence-corrected chi connectivity index (χ4v) is 2.63. The van der Waals surface area contributed by atoms with E-state index in [1.807, 2.05) is 0 Å². The maximum atomic E-state index is 12.3. The first-order chi connectivity index (χ1) is 8.16. The molecule has 2 fully saturated rings. The summed E-state index contributed by atoms with van der Waals surface area (Å²) in [7, 11) is 0. The highest BCUT2D eigenvalue weighted by atomic mass is 16.5. The van der Waals surface area contributed by atoms with E-state index < -0.39 is 0 Å². The van der Waals surface area contributed by atoms with Crippen LogP contribution in [0.15, 0.2) is 10.8 Å². The van der Waals surface area contributed by atoms with Gasteiger partial charge in [0.2, 0.25) is 5.91 Å². The Morgan fingerprint density at radius 2 is 2.47 bits per heavy atom. The lowest BCUT2D eigenvalue weighted by atomic mass is 10.1. The predicted octanol–water partition coefficient (Wildman–Crippen LogP) is 0.0860. The first-order valence-electron chi connectivity index (χ1n) is 5.68. The lowest BCUT2D eigenvalue weighted by Gasteiger charge is -2.21. The van der Waals surface area contributed by atoms with Crippen molar-refractivity contribution < 1.29 is 14.1 Å². The molecule has 90 valence electrons. The van der Waals surface area contributed by atoms with Gasteiger partial charge in [-0.15, -0.1) is 0 Å². The van der Waals surface area contributed by atoms with Crippen molar-refractivity contribution in [2.75, 3.05) is 6.54 Å². The average Bonchev–Trinajstić information content (AvgIpc) is 2.92. The predicted molar refractivity (Wildman–Crippen MR) is 57.2 cm³/mol. The zero-order valence-corrected chi connectivity index (χ0v) is 9.47. The van der Waals surface area contributed by atoms with Gasteiger partial charge in [0.15, 0.2) is 0 Å². The van der Waals surface area contributed by atoms with Crippen LogP contribution < -0.4 is 5.32 Å². The first-order valence-corrected chi connectivity index (χ1v) is 5.68. The first kappa shape index (κ1) is 10.3. The highest BCUT2D eigenvalue weighted by Crippen LogP contribution is 2.27. The summed E-state index contributed by atoms with van der Waals surface area (Å²) in [6.07, 6.45) is 2.60. The maximum absolute atomic E-state index is 12.3. The van der Waals surface area contributed by atoms with Gasteiger partial charge < -0.3 is 14.7 Å². The number of hydrogen-bond acceptors (Lipinski definition) is 4. The fraction of sp³-hybridized carbons (Fsp3) is 0.545. The molecule has 3 heterocycles. The van der Waals surface area contributed by atoms with E-state index in [0.717, 1.165) is 6.42 Å². The highest BCUT2D eigenvalue weighted by molar-refractivity contribution is 5.96. The number of likely N-dealkylation sites (tertiary alicyclic amines) is 1. The molecule has 0 saturated carbocycles. The molecule has 2 amide bonds. The van der Waals surface area contributed by atoms with Gasteiger partial charge in [0, 0.05) is 13.0 Å². The zero-order valence-electron chi connectivity index (χ0n) is 9.47. The lowest BCUT2D eigenvalue weighted by Crippen LogP contribution is -2.38. The molecule has 1 N–H and O–H groups in total. The Morgan fingerprint density at radius 3 is 3.18 bits per heavy atom. The van der Waals surface area contributed by atoms with Crippen molar-refractivity contribution in [1.82, 2.24) is 15.4 Å². The summed E-state index contributed by atoms with van der Waals surface area (Å²) in [5, 5.41) is 6.59. The molecule has 2 aliphatic rings. The quantitative estimate of drug-likeness (QED) is 0.748. The van der Waals surface area contributed by atoms with Crippen LogP contribution in [0.2, 0.25) is 0 Å². The molecule has 2 aliphatic heterocycles. The standard InChI is InChI=1S/C11H13N3O3/c1-6-7(5-17-13-6)11(16)14-3-2-8-9(14)4-10(15)12-8/h5,8-9H,2-4H2,1H3,(H,12,15). The Balaban J connectivity index is 1.84. The van der Waals surface area contributed by atoms with Crippen LogP contribution in [0.4, 0.5) is 0 Å². The molecule has 0 spiro atoms. The maximum Gasteiger partial charge on any atom is 0.259 e. The van der Waals surface area contributed by atoms with Crippen LogP contribution in [0.5, 0.6) is 0 Å². The Morgan fingerprint density at radius 1 is 1.65 bits per heavy atom. The molecule has 2 unspecified atom stereocenters. The van der Waals surface area contributed by atoms with Gasteiger partial charge in [-0.3, -0.25) is 9.59 Å². The monoisotopic (exact) mass is 235 g/mol. The third-order valence-corrected chi connectivity index (χ3v) is 3.53. The molecule has 0 radical (unpaired) electrons. The minimum absolute atomic E-state index is 0.00991. The summed E-state index contributed by atoms with van der Waals surface area (Å²) >= 11 is 0. The molecule has 6 nitrogen and oxygen atoms in total. The number of nitrogens with zero attached hydrogens (tertiary/aromatic N) is 2. The second-order valence-electron chi connectivity index (χ2n) is 4.55. The smallest absolute Gasteiger partial charge is 0.259 e. The number of carbonyl (C=O) groups is 2. The van der Waals surface area contributed by atoms with Gasteiger partial charge in [-0.2, -0.15) is 0 Å². The van der Waals surface area contributed by atoms with Gasteiger partial charge in [0.1, 0.15) is 11.8 Å². The molecule has 1 aromatic heterocycles. The van der Waals surface area contributed by atoms with Crippen molar-refractivity contribution in [2.24, 2.45) is 0 Å². The number of nitrogens with one attached hydrogen (secondary N) is 1. The largest absolute Gasteiger partial charge is 0.364 e. The summed E-state index contributed by atoms with van der Waals surface area (Å²) in [4.78, 5) is 25.3. The van der Waals surface area contributed by atoms with E-state index >= 15 is 0 Å². The highest BCUT2D eigenvalue weighted by Gasteiger charge is 2.44. The normalized spacial score (nSPS) is 27.1. The number of rotatable bonds is 1. The van der Waals surface area contributed by atoms with E-state index in [2.05, 4.69) is 10.5 Å². The van der Waals surface area contributed by atoms with Crippen LogP contribution in [-0.4, -0.2) is 40.5 Å². The molecule has 0 aromatic carbocycles. The summed E-state index contributed by atoms with van der Waals surface area (Å²) < 4.78 is 4.78. The summed E-state index contributed by atoms with van der Waals surface area (Å²) in [6, 6.07) is 0.107. The Labute approximate surface area is 97.9 Å². The summed E-state index contributed by atoms with van der Waals surface area (Å²) in [6.45, 7) is 2.42. The molecule has 2 saturated heterocycles. The summed E-state index contributed by atoms with van der Waals surface area (Å²) in [5.41, 5.74) is 1.08. The van der Waals surface area contributed by atoms with E-state index in [4.69, 9.17) is 4.52 Å². The van der Waals surface area contributed by atoms with Gasteiger partial charge in [-0.05, 0) is 13.3 Å². The van der Waals surface area contributed by atoms with Crippen LogP contribution in [0, 0.1) is 6.92 Å². The van der Waals surface area contributed by atoms with Gasteiger partial charge in [-0.1, -0.05) is 5.16 Å². The van der Waals surface area contributed by atoms with Gasteiger partial charge in [0.25, 0.3) is 5.91 Å². The van der Waals surface area contributed by atoms with Crippen molar-refractivity contribution in [2.45, 2.75) is 31.8 Å². The number of fused-ring (bicyclic) bond motifs is 1. The Bertz CT molecular complexity index is 482. The SMILES string of the molecule is Cc1nocc1C(=O)N1CCC2NC(=O)CC21. The van der Waals surface area contributed by atoms with Gasteiger partial charge >= 0.3 is 0 Å². The topological polar surface area (TPSA) is 75.4 Å². The van der Waals surface area contributed by atoms with E-state index in [0.29, 0.717) is 24.2 Å². The second-order valence-corrected chi connectivity index (χ2v) is 4.55. The zero-order chi connectivity index (χ0) is 12.0. The van der Waals surface area contributed by atoms with Crippen LogP contribution in [0.3, 0.4) is 0 Å². The second kappa shape index (κ2) is 3.58. The van der Waals surface area contributed by atoms with Crippen molar-refractivity contribution in [3.05, 3.63) is 17.5 Å². The van der Waals surface area contributed by atoms with E-state index in [1.165, 1.54) is 6.26 Å². The molecule has 6 heteroatoms. The fourth-order valence-electron chi connectivity index (χ4n) is 2.63. The Hall–Kier alpha value is -1.85. The molecule has 2 atom stereocenters. The van der Waals surface area contributed by atoms with Crippen molar-refractivity contribution in [3.63, 3.8) is 0 Å². The van der Waals surface area contributed by atoms with Gasteiger partial charge in [-0.25, -0.2) is 0 Å². The number of hydrogen-bond donors (Lipinski definition) is 1. The molecular weight excluding hydrogens is 222 g/mol. The number of aromatic nitrogens is 1. The third kappa shape index (κ3) is 1.51. The molecule has 3 rings (SSSR count). The Kier molecular flexibility index (Phi) is 2.17. The minimum atomic E-state index is -0.0900. The minimum Gasteiger partial charge on any atom is -0.364 e. The van der Waals surface area contributed by atoms with Crippen LogP contribution >= 0.6 is 0 Å². The van der Waals surface area contributed by atoms with Gasteiger partial charge in [0.05, 0.1) is 17.8 Å². The molecule has 17 heavy (non-hydrogen) atoms.